The molecule has 0 bridgehead atoms. The van der Waals surface area contributed by atoms with Crippen LogP contribution in [-0.2, 0) is 14.8 Å². The van der Waals surface area contributed by atoms with Gasteiger partial charge in [0.2, 0.25) is 10.0 Å². The average molecular weight is 346 g/mol. The molecule has 0 unspecified atom stereocenters. The molecule has 21 heavy (non-hydrogen) atoms. The van der Waals surface area contributed by atoms with E-state index >= 15 is 0 Å². The number of carboxylic acid groups (broad SMARTS) is 1. The first-order valence-corrected chi connectivity index (χ1v) is 7.45. The summed E-state index contributed by atoms with van der Waals surface area (Å²) in [5.41, 5.74) is 0. The molecule has 5 nitrogen and oxygen atoms in total. The Morgan fingerprint density at radius 1 is 1.29 bits per heavy atom. The van der Waals surface area contributed by atoms with Crippen LogP contribution in [0.4, 0.5) is 13.2 Å². The minimum absolute atomic E-state index is 0.265. The molecule has 10 heteroatoms. The number of rotatable bonds is 6. The van der Waals surface area contributed by atoms with E-state index in [4.69, 9.17) is 16.7 Å². The van der Waals surface area contributed by atoms with Crippen molar-refractivity contribution in [2.45, 2.75) is 30.0 Å². The molecule has 0 radical (unpaired) electrons. The van der Waals surface area contributed by atoms with E-state index < -0.39 is 41.1 Å². The van der Waals surface area contributed by atoms with Gasteiger partial charge in [0.15, 0.2) is 0 Å². The molecule has 2 N–H and O–H groups in total. The van der Waals surface area contributed by atoms with Crippen molar-refractivity contribution < 1.29 is 31.5 Å². The minimum Gasteiger partial charge on any atom is -0.480 e. The summed E-state index contributed by atoms with van der Waals surface area (Å²) in [7, 11) is -4.25. The Bertz CT molecular complexity index is 601. The Hall–Kier alpha value is -1.32. The van der Waals surface area contributed by atoms with Gasteiger partial charge >= 0.3 is 12.1 Å². The van der Waals surface area contributed by atoms with Gasteiger partial charge in [-0.3, -0.25) is 4.79 Å². The Morgan fingerprint density at radius 2 is 1.81 bits per heavy atom. The summed E-state index contributed by atoms with van der Waals surface area (Å²) in [6, 6.07) is 2.90. The standard InChI is InChI=1S/C11H11ClF3NO4S/c12-7-1-3-8(4-2-7)21(19,20)16-9(10(17)18)5-6-11(13,14)15/h1-4,9,16H,5-6H2,(H,17,18)/t9-/m0/s1. The van der Waals surface area contributed by atoms with Gasteiger partial charge in [0, 0.05) is 11.4 Å². The van der Waals surface area contributed by atoms with E-state index in [1.54, 1.807) is 4.72 Å². The zero-order valence-electron chi connectivity index (χ0n) is 10.4. The van der Waals surface area contributed by atoms with Crippen LogP contribution >= 0.6 is 11.6 Å². The Morgan fingerprint density at radius 3 is 2.24 bits per heavy atom. The maximum atomic E-state index is 12.1. The molecule has 0 saturated carbocycles. The topological polar surface area (TPSA) is 83.5 Å². The zero-order valence-corrected chi connectivity index (χ0v) is 12.0. The first-order valence-electron chi connectivity index (χ1n) is 5.59. The van der Waals surface area contributed by atoms with E-state index in [-0.39, 0.29) is 9.92 Å². The number of carboxylic acids is 1. The molecule has 1 atom stereocenters. The number of carbonyl (C=O) groups is 1. The highest BCUT2D eigenvalue weighted by atomic mass is 35.5. The second-order valence-electron chi connectivity index (χ2n) is 4.12. The third kappa shape index (κ3) is 5.90. The van der Waals surface area contributed by atoms with Gasteiger partial charge in [-0.2, -0.15) is 17.9 Å². The Labute approximate surface area is 123 Å². The van der Waals surface area contributed by atoms with Gasteiger partial charge in [-0.1, -0.05) is 11.6 Å². The van der Waals surface area contributed by atoms with Crippen LogP contribution in [0.5, 0.6) is 0 Å². The fourth-order valence-corrected chi connectivity index (χ4v) is 2.76. The van der Waals surface area contributed by atoms with Crippen molar-refractivity contribution in [2.24, 2.45) is 0 Å². The Balaban J connectivity index is 2.87. The zero-order chi connectivity index (χ0) is 16.3. The highest BCUT2D eigenvalue weighted by Crippen LogP contribution is 2.23. The van der Waals surface area contributed by atoms with Gasteiger partial charge in [0.25, 0.3) is 0 Å². The highest BCUT2D eigenvalue weighted by molar-refractivity contribution is 7.89. The molecule has 0 aliphatic heterocycles. The second kappa shape index (κ2) is 6.63. The second-order valence-corrected chi connectivity index (χ2v) is 6.27. The number of halogens is 4. The number of sulfonamides is 1. The fourth-order valence-electron chi connectivity index (χ4n) is 1.41. The molecule has 0 amide bonds. The maximum absolute atomic E-state index is 12.1. The fraction of sp³-hybridized carbons (Fsp3) is 0.364. The van der Waals surface area contributed by atoms with Crippen molar-refractivity contribution in [3.05, 3.63) is 29.3 Å². The van der Waals surface area contributed by atoms with E-state index in [0.29, 0.717) is 0 Å². The number of nitrogens with one attached hydrogen (secondary N) is 1. The average Bonchev–Trinajstić information content (AvgIpc) is 2.33. The van der Waals surface area contributed by atoms with E-state index in [1.165, 1.54) is 12.1 Å². The lowest BCUT2D eigenvalue weighted by molar-refractivity contribution is -0.145. The Kier molecular flexibility index (Phi) is 5.60. The van der Waals surface area contributed by atoms with Gasteiger partial charge in [0.05, 0.1) is 4.90 Å². The van der Waals surface area contributed by atoms with Crippen molar-refractivity contribution in [3.63, 3.8) is 0 Å². The van der Waals surface area contributed by atoms with E-state index in [2.05, 4.69) is 0 Å². The summed E-state index contributed by atoms with van der Waals surface area (Å²) in [6.45, 7) is 0. The van der Waals surface area contributed by atoms with Crippen LogP contribution in [0.1, 0.15) is 12.8 Å². The maximum Gasteiger partial charge on any atom is 0.389 e. The number of benzene rings is 1. The smallest absolute Gasteiger partial charge is 0.389 e. The van der Waals surface area contributed by atoms with Crippen LogP contribution in [0.2, 0.25) is 5.02 Å². The third-order valence-corrected chi connectivity index (χ3v) is 4.18. The molecule has 0 saturated heterocycles. The predicted molar refractivity (Wildman–Crippen MR) is 68.5 cm³/mol. The molecule has 0 aliphatic carbocycles. The molecule has 118 valence electrons. The number of hydrogen-bond donors (Lipinski definition) is 2. The summed E-state index contributed by atoms with van der Waals surface area (Å²) < 4.78 is 61.8. The summed E-state index contributed by atoms with van der Waals surface area (Å²) in [6.07, 6.45) is -6.88. The summed E-state index contributed by atoms with van der Waals surface area (Å²) in [5.74, 6) is -1.68. The molecule has 0 aliphatic rings. The molecule has 1 aromatic carbocycles. The van der Waals surface area contributed by atoms with Gasteiger partial charge in [-0.25, -0.2) is 8.42 Å². The summed E-state index contributed by atoms with van der Waals surface area (Å²) in [4.78, 5) is 10.6. The highest BCUT2D eigenvalue weighted by Gasteiger charge is 2.32. The van der Waals surface area contributed by atoms with Crippen LogP contribution in [0.25, 0.3) is 0 Å². The van der Waals surface area contributed by atoms with Crippen molar-refractivity contribution >= 4 is 27.6 Å². The normalized spacial score (nSPS) is 13.9. The van der Waals surface area contributed by atoms with Gasteiger partial charge in [-0.05, 0) is 30.7 Å². The van der Waals surface area contributed by atoms with Crippen LogP contribution < -0.4 is 4.72 Å². The lowest BCUT2D eigenvalue weighted by Gasteiger charge is -2.15. The predicted octanol–water partition coefficient (Wildman–Crippen LogP) is 2.41. The largest absolute Gasteiger partial charge is 0.480 e. The molecular formula is C11H11ClF3NO4S. The molecule has 0 spiro atoms. The molecule has 0 fully saturated rings. The molecule has 0 heterocycles. The van der Waals surface area contributed by atoms with Crippen LogP contribution in [0, 0.1) is 0 Å². The van der Waals surface area contributed by atoms with E-state index in [0.717, 1.165) is 12.1 Å². The van der Waals surface area contributed by atoms with E-state index in [1.807, 2.05) is 0 Å². The summed E-state index contributed by atoms with van der Waals surface area (Å²) >= 11 is 5.58. The van der Waals surface area contributed by atoms with Gasteiger partial charge in [0.1, 0.15) is 6.04 Å². The number of hydrogen-bond acceptors (Lipinski definition) is 3. The minimum atomic E-state index is -4.57. The summed E-state index contributed by atoms with van der Waals surface area (Å²) in [5, 5.41) is 9.07. The first-order chi connectivity index (χ1) is 9.51. The first kappa shape index (κ1) is 17.7. The van der Waals surface area contributed by atoms with Crippen molar-refractivity contribution in [1.29, 1.82) is 0 Å². The lowest BCUT2D eigenvalue weighted by atomic mass is 10.2. The van der Waals surface area contributed by atoms with Gasteiger partial charge < -0.3 is 5.11 Å². The molecular weight excluding hydrogens is 335 g/mol. The lowest BCUT2D eigenvalue weighted by Crippen LogP contribution is -2.41. The van der Waals surface area contributed by atoms with Crippen LogP contribution in [-0.4, -0.2) is 31.7 Å². The van der Waals surface area contributed by atoms with Crippen molar-refractivity contribution in [3.8, 4) is 0 Å². The quantitative estimate of drug-likeness (QED) is 0.829. The van der Waals surface area contributed by atoms with Crippen LogP contribution in [0.15, 0.2) is 29.2 Å². The third-order valence-electron chi connectivity index (χ3n) is 2.44. The van der Waals surface area contributed by atoms with Gasteiger partial charge in [-0.15, -0.1) is 0 Å². The number of aliphatic carboxylic acids is 1. The van der Waals surface area contributed by atoms with Crippen molar-refractivity contribution in [2.75, 3.05) is 0 Å². The van der Waals surface area contributed by atoms with Crippen LogP contribution in [0.3, 0.4) is 0 Å². The molecule has 1 rings (SSSR count). The SMILES string of the molecule is O=C(O)[C@H](CCC(F)(F)F)NS(=O)(=O)c1ccc(Cl)cc1. The van der Waals surface area contributed by atoms with E-state index in [9.17, 15) is 26.4 Å². The number of alkyl halides is 3. The molecule has 1 aromatic rings. The molecule has 0 aromatic heterocycles. The monoisotopic (exact) mass is 345 g/mol. The van der Waals surface area contributed by atoms with Crippen molar-refractivity contribution in [1.82, 2.24) is 4.72 Å².